The zero-order chi connectivity index (χ0) is 15.6. The molecule has 1 heterocycles. The molecule has 4 nitrogen and oxygen atoms in total. The minimum absolute atomic E-state index is 0.0941. The number of halogens is 1. The van der Waals surface area contributed by atoms with Crippen LogP contribution in [0.1, 0.15) is 39.2 Å². The number of nitrogens with one attached hydrogen (secondary N) is 2. The van der Waals surface area contributed by atoms with Crippen molar-refractivity contribution in [1.29, 1.82) is 5.41 Å². The molecule has 4 N–H and O–H groups in total. The first-order valence-corrected chi connectivity index (χ1v) is 7.61. The summed E-state index contributed by atoms with van der Waals surface area (Å²) in [5, 5.41) is 10.8. The summed E-state index contributed by atoms with van der Waals surface area (Å²) in [6.45, 7) is 7.92. The number of hydrogen-bond acceptors (Lipinski definition) is 4. The van der Waals surface area contributed by atoms with E-state index in [1.54, 1.807) is 0 Å². The average Bonchev–Trinajstić information content (AvgIpc) is 2.89. The zero-order valence-electron chi connectivity index (χ0n) is 13.0. The van der Waals surface area contributed by atoms with Crippen LogP contribution in [0.25, 0.3) is 0 Å². The Bertz CT molecular complexity index is 527. The Labute approximate surface area is 126 Å². The molecule has 116 valence electrons. The van der Waals surface area contributed by atoms with Crippen LogP contribution in [0.5, 0.6) is 0 Å². The second kappa shape index (κ2) is 6.33. The highest BCUT2D eigenvalue weighted by molar-refractivity contribution is 5.98. The molecule has 21 heavy (non-hydrogen) atoms. The summed E-state index contributed by atoms with van der Waals surface area (Å²) in [5.41, 5.74) is 8.19. The lowest BCUT2D eigenvalue weighted by atomic mass is 10.1. The van der Waals surface area contributed by atoms with Crippen molar-refractivity contribution in [3.63, 3.8) is 0 Å². The lowest BCUT2D eigenvalue weighted by Gasteiger charge is -2.25. The van der Waals surface area contributed by atoms with Crippen molar-refractivity contribution in [1.82, 2.24) is 0 Å². The molecule has 5 heteroatoms. The molecule has 2 rings (SSSR count). The van der Waals surface area contributed by atoms with Crippen molar-refractivity contribution in [2.75, 3.05) is 29.0 Å². The van der Waals surface area contributed by atoms with Crippen LogP contribution in [0, 0.1) is 17.1 Å². The fraction of sp³-hybridized carbons (Fsp3) is 0.562. The van der Waals surface area contributed by atoms with Gasteiger partial charge in [0.05, 0.1) is 17.1 Å². The molecule has 1 fully saturated rings. The fourth-order valence-electron chi connectivity index (χ4n) is 2.98. The summed E-state index contributed by atoms with van der Waals surface area (Å²) < 4.78 is 14.2. The third kappa shape index (κ3) is 3.12. The van der Waals surface area contributed by atoms with E-state index < -0.39 is 5.82 Å². The lowest BCUT2D eigenvalue weighted by molar-refractivity contribution is 0.569. The minimum Gasteiger partial charge on any atom is -0.397 e. The van der Waals surface area contributed by atoms with Crippen LogP contribution in [-0.4, -0.2) is 25.3 Å². The normalized spacial score (nSPS) is 18.3. The first-order chi connectivity index (χ1) is 9.97. The van der Waals surface area contributed by atoms with E-state index >= 15 is 0 Å². The topological polar surface area (TPSA) is 65.1 Å². The molecular weight excluding hydrogens is 267 g/mol. The highest BCUT2D eigenvalue weighted by Crippen LogP contribution is 2.38. The number of anilines is 3. The number of rotatable bonds is 5. The first-order valence-electron chi connectivity index (χ1n) is 7.61. The van der Waals surface area contributed by atoms with Gasteiger partial charge in [-0.3, -0.25) is 0 Å². The van der Waals surface area contributed by atoms with Crippen LogP contribution >= 0.6 is 0 Å². The van der Waals surface area contributed by atoms with Gasteiger partial charge in [0.25, 0.3) is 0 Å². The maximum Gasteiger partial charge on any atom is 0.149 e. The Balaban J connectivity index is 2.47. The van der Waals surface area contributed by atoms with Gasteiger partial charge in [-0.2, -0.15) is 0 Å². The maximum atomic E-state index is 14.2. The Kier molecular flexibility index (Phi) is 4.70. The van der Waals surface area contributed by atoms with Gasteiger partial charge in [0, 0.05) is 37.0 Å². The van der Waals surface area contributed by atoms with Crippen LogP contribution in [0.2, 0.25) is 0 Å². The van der Waals surface area contributed by atoms with Gasteiger partial charge in [-0.25, -0.2) is 4.39 Å². The van der Waals surface area contributed by atoms with Crippen molar-refractivity contribution < 1.29 is 4.39 Å². The summed E-state index contributed by atoms with van der Waals surface area (Å²) in [6, 6.07) is 1.46. The second-order valence-electron chi connectivity index (χ2n) is 6.04. The second-order valence-corrected chi connectivity index (χ2v) is 6.04. The van der Waals surface area contributed by atoms with Gasteiger partial charge in [0.1, 0.15) is 5.82 Å². The highest BCUT2D eigenvalue weighted by Gasteiger charge is 2.26. The monoisotopic (exact) mass is 292 g/mol. The quantitative estimate of drug-likeness (QED) is 0.575. The van der Waals surface area contributed by atoms with E-state index in [0.717, 1.165) is 31.6 Å². The molecule has 1 aromatic carbocycles. The first kappa shape index (κ1) is 15.6. The molecule has 0 aliphatic carbocycles. The largest absolute Gasteiger partial charge is 0.397 e. The number of nitrogen functional groups attached to an aromatic ring is 1. The molecular formula is C16H25FN4. The van der Waals surface area contributed by atoms with Gasteiger partial charge < -0.3 is 21.4 Å². The van der Waals surface area contributed by atoms with Gasteiger partial charge in [0.2, 0.25) is 0 Å². The van der Waals surface area contributed by atoms with Crippen LogP contribution in [0.4, 0.5) is 21.5 Å². The SMILES string of the molecule is CC[C@H]1CCN(c2c(N)cc(F)c(NC(C)C)c2C=N)C1. The van der Waals surface area contributed by atoms with E-state index in [-0.39, 0.29) is 6.04 Å². The van der Waals surface area contributed by atoms with Crippen molar-refractivity contribution in [2.24, 2.45) is 5.92 Å². The maximum absolute atomic E-state index is 14.2. The Morgan fingerprint density at radius 3 is 2.81 bits per heavy atom. The standard InChI is InChI=1S/C16H25FN4/c1-4-11-5-6-21(9-11)16-12(8-18)15(20-10(2)3)13(17)7-14(16)19/h7-8,10-11,18,20H,4-6,9,19H2,1-3H3/t11-/m0/s1. The predicted molar refractivity (Wildman–Crippen MR) is 88.1 cm³/mol. The third-order valence-electron chi connectivity index (χ3n) is 4.08. The van der Waals surface area contributed by atoms with Crippen molar-refractivity contribution in [2.45, 2.75) is 39.7 Å². The van der Waals surface area contributed by atoms with Crippen molar-refractivity contribution in [3.8, 4) is 0 Å². The lowest BCUT2D eigenvalue weighted by Crippen LogP contribution is -2.24. The highest BCUT2D eigenvalue weighted by atomic mass is 19.1. The summed E-state index contributed by atoms with van der Waals surface area (Å²) in [4.78, 5) is 2.19. The smallest absolute Gasteiger partial charge is 0.149 e. The molecule has 1 aromatic rings. The van der Waals surface area contributed by atoms with E-state index in [1.807, 2.05) is 13.8 Å². The molecule has 0 saturated carbocycles. The van der Waals surface area contributed by atoms with E-state index in [0.29, 0.717) is 22.9 Å². The van der Waals surface area contributed by atoms with Gasteiger partial charge in [0.15, 0.2) is 0 Å². The molecule has 1 aliphatic heterocycles. The van der Waals surface area contributed by atoms with Gasteiger partial charge in [-0.05, 0) is 26.2 Å². The third-order valence-corrected chi connectivity index (χ3v) is 4.08. The summed E-state index contributed by atoms with van der Waals surface area (Å²) in [6.07, 6.45) is 3.46. The number of nitrogens with zero attached hydrogens (tertiary/aromatic N) is 1. The summed E-state index contributed by atoms with van der Waals surface area (Å²) in [5.74, 6) is 0.254. The van der Waals surface area contributed by atoms with Crippen molar-refractivity contribution in [3.05, 3.63) is 17.4 Å². The number of benzene rings is 1. The van der Waals surface area contributed by atoms with E-state index in [9.17, 15) is 4.39 Å². The van der Waals surface area contributed by atoms with Crippen LogP contribution < -0.4 is 16.0 Å². The van der Waals surface area contributed by atoms with Crippen LogP contribution in [0.3, 0.4) is 0 Å². The Morgan fingerprint density at radius 1 is 1.57 bits per heavy atom. The molecule has 0 unspecified atom stereocenters. The molecule has 1 aliphatic rings. The minimum atomic E-state index is -0.394. The van der Waals surface area contributed by atoms with Crippen LogP contribution in [-0.2, 0) is 0 Å². The average molecular weight is 292 g/mol. The summed E-state index contributed by atoms with van der Waals surface area (Å²) in [7, 11) is 0. The van der Waals surface area contributed by atoms with Crippen LogP contribution in [0.15, 0.2) is 6.07 Å². The molecule has 0 radical (unpaired) electrons. The Morgan fingerprint density at radius 2 is 2.29 bits per heavy atom. The number of hydrogen-bond donors (Lipinski definition) is 3. The van der Waals surface area contributed by atoms with Gasteiger partial charge in [-0.1, -0.05) is 13.3 Å². The molecule has 0 aromatic heterocycles. The van der Waals surface area contributed by atoms with E-state index in [2.05, 4.69) is 17.1 Å². The van der Waals surface area contributed by atoms with Gasteiger partial charge in [-0.15, -0.1) is 0 Å². The molecule has 0 spiro atoms. The molecule has 0 amide bonds. The fourth-order valence-corrected chi connectivity index (χ4v) is 2.98. The number of nitrogens with two attached hydrogens (primary N) is 1. The van der Waals surface area contributed by atoms with Crippen molar-refractivity contribution >= 4 is 23.3 Å². The zero-order valence-corrected chi connectivity index (χ0v) is 13.0. The predicted octanol–water partition coefficient (Wildman–Crippen LogP) is 3.46. The molecule has 1 saturated heterocycles. The van der Waals surface area contributed by atoms with Gasteiger partial charge >= 0.3 is 0 Å². The molecule has 1 atom stereocenters. The van der Waals surface area contributed by atoms with E-state index in [4.69, 9.17) is 11.1 Å². The Hall–Kier alpha value is -1.78. The van der Waals surface area contributed by atoms with E-state index in [1.165, 1.54) is 12.3 Å². The molecule has 0 bridgehead atoms. The summed E-state index contributed by atoms with van der Waals surface area (Å²) >= 11 is 0.